The summed E-state index contributed by atoms with van der Waals surface area (Å²) in [5.74, 6) is 1.76. The fourth-order valence-electron chi connectivity index (χ4n) is 3.49. The number of benzene rings is 2. The standard InChI is InChI=1S/C22H28ClN3O4/c1-28-17-6-4-5-16(11-17)14-25-7-9-26(10-8-25)15-22(27)24-19-13-20(29-2)18(23)12-21(19)30-3/h4-6,11-13H,7-10,14-15H2,1-3H3,(H,24,27). The van der Waals surface area contributed by atoms with Crippen molar-refractivity contribution < 1.29 is 19.0 Å². The van der Waals surface area contributed by atoms with Crippen LogP contribution in [0.1, 0.15) is 5.56 Å². The van der Waals surface area contributed by atoms with Crippen molar-refractivity contribution in [1.29, 1.82) is 0 Å². The molecule has 3 rings (SSSR count). The molecule has 0 bridgehead atoms. The van der Waals surface area contributed by atoms with Crippen LogP contribution in [0.25, 0.3) is 0 Å². The third-order valence-electron chi connectivity index (χ3n) is 5.12. The first kappa shape index (κ1) is 22.2. The van der Waals surface area contributed by atoms with Crippen molar-refractivity contribution in [2.24, 2.45) is 0 Å². The number of piperazine rings is 1. The van der Waals surface area contributed by atoms with Crippen molar-refractivity contribution in [3.8, 4) is 17.2 Å². The van der Waals surface area contributed by atoms with Gasteiger partial charge >= 0.3 is 0 Å². The molecule has 1 saturated heterocycles. The predicted molar refractivity (Wildman–Crippen MR) is 118 cm³/mol. The molecule has 1 heterocycles. The van der Waals surface area contributed by atoms with Crippen LogP contribution < -0.4 is 19.5 Å². The molecule has 2 aromatic carbocycles. The lowest BCUT2D eigenvalue weighted by atomic mass is 10.2. The molecule has 1 amide bonds. The van der Waals surface area contributed by atoms with Crippen molar-refractivity contribution in [3.63, 3.8) is 0 Å². The molecule has 0 spiro atoms. The second-order valence-corrected chi connectivity index (χ2v) is 7.55. The van der Waals surface area contributed by atoms with Gasteiger partial charge in [-0.15, -0.1) is 0 Å². The van der Waals surface area contributed by atoms with Gasteiger partial charge in [-0.05, 0) is 17.7 Å². The van der Waals surface area contributed by atoms with E-state index in [1.54, 1.807) is 19.2 Å². The Morgan fingerprint density at radius 2 is 1.67 bits per heavy atom. The largest absolute Gasteiger partial charge is 0.497 e. The van der Waals surface area contributed by atoms with Crippen LogP contribution in [0, 0.1) is 0 Å². The second kappa shape index (κ2) is 10.5. The highest BCUT2D eigenvalue weighted by Crippen LogP contribution is 2.35. The Balaban J connectivity index is 1.51. The van der Waals surface area contributed by atoms with Crippen molar-refractivity contribution in [2.45, 2.75) is 6.54 Å². The average molecular weight is 434 g/mol. The predicted octanol–water partition coefficient (Wildman–Crippen LogP) is 3.12. The number of anilines is 1. The van der Waals surface area contributed by atoms with Gasteiger partial charge in [0.1, 0.15) is 17.2 Å². The number of nitrogens with zero attached hydrogens (tertiary/aromatic N) is 2. The Labute approximate surface area is 182 Å². The molecule has 0 atom stereocenters. The Hall–Kier alpha value is -2.48. The van der Waals surface area contributed by atoms with E-state index < -0.39 is 0 Å². The molecule has 1 fully saturated rings. The van der Waals surface area contributed by atoms with E-state index in [2.05, 4.69) is 27.2 Å². The Bertz CT molecular complexity index is 869. The van der Waals surface area contributed by atoms with Gasteiger partial charge in [0.25, 0.3) is 0 Å². The van der Waals surface area contributed by atoms with Crippen molar-refractivity contribution in [2.75, 3.05) is 59.4 Å². The van der Waals surface area contributed by atoms with Gasteiger partial charge in [0.15, 0.2) is 0 Å². The number of rotatable bonds is 8. The molecular formula is C22H28ClN3O4. The van der Waals surface area contributed by atoms with E-state index in [1.165, 1.54) is 19.8 Å². The van der Waals surface area contributed by atoms with E-state index >= 15 is 0 Å². The molecule has 0 radical (unpaired) electrons. The molecule has 2 aromatic rings. The molecule has 0 aromatic heterocycles. The third-order valence-corrected chi connectivity index (χ3v) is 5.42. The lowest BCUT2D eigenvalue weighted by Crippen LogP contribution is -2.48. The van der Waals surface area contributed by atoms with Crippen LogP contribution in [0.15, 0.2) is 36.4 Å². The molecule has 1 N–H and O–H groups in total. The highest BCUT2D eigenvalue weighted by atomic mass is 35.5. The summed E-state index contributed by atoms with van der Waals surface area (Å²) in [4.78, 5) is 17.1. The highest BCUT2D eigenvalue weighted by molar-refractivity contribution is 6.32. The molecule has 0 unspecified atom stereocenters. The van der Waals surface area contributed by atoms with E-state index in [-0.39, 0.29) is 5.91 Å². The summed E-state index contributed by atoms with van der Waals surface area (Å²) in [6, 6.07) is 11.4. The minimum atomic E-state index is -0.0982. The number of methoxy groups -OCH3 is 3. The normalized spacial score (nSPS) is 14.9. The molecule has 0 aliphatic carbocycles. The van der Waals surface area contributed by atoms with Crippen molar-refractivity contribution >= 4 is 23.2 Å². The number of ether oxygens (including phenoxy) is 3. The summed E-state index contributed by atoms with van der Waals surface area (Å²) in [5, 5.41) is 3.33. The van der Waals surface area contributed by atoms with Crippen LogP contribution in [0.5, 0.6) is 17.2 Å². The molecule has 162 valence electrons. The van der Waals surface area contributed by atoms with Crippen molar-refractivity contribution in [1.82, 2.24) is 9.80 Å². The van der Waals surface area contributed by atoms with E-state index in [4.69, 9.17) is 25.8 Å². The van der Waals surface area contributed by atoms with Gasteiger partial charge in [-0.3, -0.25) is 14.6 Å². The van der Waals surface area contributed by atoms with Crippen LogP contribution in [0.2, 0.25) is 5.02 Å². The maximum absolute atomic E-state index is 12.6. The summed E-state index contributed by atoms with van der Waals surface area (Å²) < 4.78 is 15.8. The van der Waals surface area contributed by atoms with Gasteiger partial charge in [0.05, 0.1) is 38.6 Å². The third kappa shape index (κ3) is 5.78. The van der Waals surface area contributed by atoms with E-state index in [9.17, 15) is 4.79 Å². The lowest BCUT2D eigenvalue weighted by Gasteiger charge is -2.34. The highest BCUT2D eigenvalue weighted by Gasteiger charge is 2.20. The minimum absolute atomic E-state index is 0.0982. The van der Waals surface area contributed by atoms with Crippen LogP contribution in [-0.2, 0) is 11.3 Å². The maximum Gasteiger partial charge on any atom is 0.238 e. The zero-order valence-electron chi connectivity index (χ0n) is 17.6. The second-order valence-electron chi connectivity index (χ2n) is 7.14. The molecule has 30 heavy (non-hydrogen) atoms. The number of amides is 1. The Morgan fingerprint density at radius 3 is 2.33 bits per heavy atom. The molecule has 1 aliphatic rings. The molecule has 8 heteroatoms. The number of hydrogen-bond acceptors (Lipinski definition) is 6. The summed E-state index contributed by atoms with van der Waals surface area (Å²) in [5.41, 5.74) is 1.77. The van der Waals surface area contributed by atoms with E-state index in [0.717, 1.165) is 38.5 Å². The van der Waals surface area contributed by atoms with E-state index in [0.29, 0.717) is 28.8 Å². The number of nitrogens with one attached hydrogen (secondary N) is 1. The average Bonchev–Trinajstić information content (AvgIpc) is 2.76. The summed E-state index contributed by atoms with van der Waals surface area (Å²) in [6.07, 6.45) is 0. The summed E-state index contributed by atoms with van der Waals surface area (Å²) in [7, 11) is 4.75. The van der Waals surface area contributed by atoms with Crippen LogP contribution in [0.4, 0.5) is 5.69 Å². The Kier molecular flexibility index (Phi) is 7.79. The number of carbonyl (C=O) groups is 1. The smallest absolute Gasteiger partial charge is 0.238 e. The van der Waals surface area contributed by atoms with Gasteiger partial charge < -0.3 is 19.5 Å². The van der Waals surface area contributed by atoms with Crippen molar-refractivity contribution in [3.05, 3.63) is 47.0 Å². The van der Waals surface area contributed by atoms with Gasteiger partial charge in [0, 0.05) is 44.9 Å². The van der Waals surface area contributed by atoms with Gasteiger partial charge in [0.2, 0.25) is 5.91 Å². The van der Waals surface area contributed by atoms with Crippen LogP contribution in [-0.4, -0.2) is 69.8 Å². The summed E-state index contributed by atoms with van der Waals surface area (Å²) in [6.45, 7) is 4.67. The molecular weight excluding hydrogens is 406 g/mol. The SMILES string of the molecule is COc1cccc(CN2CCN(CC(=O)Nc3cc(OC)c(Cl)cc3OC)CC2)c1. The topological polar surface area (TPSA) is 63.3 Å². The van der Waals surface area contributed by atoms with Gasteiger partial charge in [-0.2, -0.15) is 0 Å². The zero-order chi connectivity index (χ0) is 21.5. The summed E-state index contributed by atoms with van der Waals surface area (Å²) >= 11 is 6.12. The molecule has 0 saturated carbocycles. The fourth-order valence-corrected chi connectivity index (χ4v) is 3.72. The first-order chi connectivity index (χ1) is 14.5. The molecule has 7 nitrogen and oxygen atoms in total. The van der Waals surface area contributed by atoms with Crippen LogP contribution >= 0.6 is 11.6 Å². The monoisotopic (exact) mass is 433 g/mol. The zero-order valence-corrected chi connectivity index (χ0v) is 18.4. The molecule has 1 aliphatic heterocycles. The fraction of sp³-hybridized carbons (Fsp3) is 0.409. The number of hydrogen-bond donors (Lipinski definition) is 1. The number of halogens is 1. The quantitative estimate of drug-likeness (QED) is 0.690. The van der Waals surface area contributed by atoms with Gasteiger partial charge in [-0.1, -0.05) is 23.7 Å². The first-order valence-corrected chi connectivity index (χ1v) is 10.2. The van der Waals surface area contributed by atoms with Crippen LogP contribution in [0.3, 0.4) is 0 Å². The van der Waals surface area contributed by atoms with E-state index in [1.807, 2.05) is 12.1 Å². The Morgan fingerprint density at radius 1 is 0.967 bits per heavy atom. The number of carbonyl (C=O) groups excluding carboxylic acids is 1. The lowest BCUT2D eigenvalue weighted by molar-refractivity contribution is -0.117. The minimum Gasteiger partial charge on any atom is -0.497 e. The first-order valence-electron chi connectivity index (χ1n) is 9.81. The maximum atomic E-state index is 12.6. The van der Waals surface area contributed by atoms with Gasteiger partial charge in [-0.25, -0.2) is 0 Å².